The van der Waals surface area contributed by atoms with Crippen molar-refractivity contribution in [3.63, 3.8) is 0 Å². The van der Waals surface area contributed by atoms with Crippen molar-refractivity contribution in [3.05, 3.63) is 185 Å². The van der Waals surface area contributed by atoms with Gasteiger partial charge in [-0.15, -0.1) is 0 Å². The van der Waals surface area contributed by atoms with Crippen LogP contribution in [0.15, 0.2) is 140 Å². The number of fused-ring (bicyclic) bond motifs is 1. The fourth-order valence-electron chi connectivity index (χ4n) is 8.98. The summed E-state index contributed by atoms with van der Waals surface area (Å²) in [5.74, 6) is -15.1. The number of hydrogen-bond acceptors (Lipinski definition) is 13. The Labute approximate surface area is 468 Å². The van der Waals surface area contributed by atoms with Gasteiger partial charge in [0.25, 0.3) is 0 Å². The van der Waals surface area contributed by atoms with Crippen LogP contribution < -0.4 is 24.3 Å². The van der Waals surface area contributed by atoms with Crippen LogP contribution in [-0.2, 0) is 48.2 Å². The summed E-state index contributed by atoms with van der Waals surface area (Å²) >= 11 is 0. The number of benzene rings is 6. The highest BCUT2D eigenvalue weighted by Gasteiger charge is 2.45. The molecule has 0 saturated carbocycles. The molecule has 0 spiro atoms. The number of methoxy groups -OCH3 is 1. The van der Waals surface area contributed by atoms with Gasteiger partial charge in [-0.2, -0.15) is 8.78 Å². The Morgan fingerprint density at radius 3 is 1.99 bits per heavy atom. The van der Waals surface area contributed by atoms with E-state index in [1.54, 1.807) is 113 Å². The van der Waals surface area contributed by atoms with E-state index in [0.29, 0.717) is 45.6 Å². The second kappa shape index (κ2) is 26.8. The number of nitrogens with zero attached hydrogens (tertiary/aromatic N) is 3. The standard InChI is InChI=1S/C61H57F5N4O12/c1-61(2,3)82-60(75)69-33-43(80-49-32-45(40-21-12-7-13-22-40)67-46-30-41(76-4)25-26-44(46)49)31-50(69)70(36-71)48(58(73)78-34-37-16-8-5-9-17-37)24-15-27-77-42-23-14-20-39(28-42)29-47(68-59(74)79-35-38-18-10-6-11-19-38)57(72)81-56-54(65)52(63)51(62)53(64)55(56)66/h5-14,16-23,25-26,28,30,32,36,43,47-48,50H,15,24,27,29,31,33-35H2,1-4H3,(H,68,74)/t43-,47+,48-,50-/m1/s1. The number of amides is 3. The summed E-state index contributed by atoms with van der Waals surface area (Å²) in [5.41, 5.74) is 2.53. The lowest BCUT2D eigenvalue weighted by Gasteiger charge is -2.37. The third-order valence-electron chi connectivity index (χ3n) is 12.9. The van der Waals surface area contributed by atoms with Gasteiger partial charge in [-0.3, -0.25) is 9.69 Å². The minimum absolute atomic E-state index is 0.0279. The van der Waals surface area contributed by atoms with E-state index >= 15 is 0 Å². The number of rotatable bonds is 22. The van der Waals surface area contributed by atoms with E-state index < -0.39 is 95.3 Å². The molecule has 0 aliphatic carbocycles. The van der Waals surface area contributed by atoms with Gasteiger partial charge in [-0.05, 0) is 74.6 Å². The van der Waals surface area contributed by atoms with Crippen LogP contribution in [0.4, 0.5) is 31.5 Å². The first-order valence-corrected chi connectivity index (χ1v) is 26.0. The highest BCUT2D eigenvalue weighted by molar-refractivity contribution is 5.89. The Morgan fingerprint density at radius 2 is 1.35 bits per heavy atom. The molecule has 1 aromatic heterocycles. The maximum atomic E-state index is 14.7. The molecule has 1 saturated heterocycles. The average Bonchev–Trinajstić information content (AvgIpc) is 3.98. The van der Waals surface area contributed by atoms with Crippen LogP contribution in [0.2, 0.25) is 0 Å². The molecular weight excluding hydrogens is 1080 g/mol. The zero-order chi connectivity index (χ0) is 58.5. The van der Waals surface area contributed by atoms with Gasteiger partial charge >= 0.3 is 24.1 Å². The van der Waals surface area contributed by atoms with Crippen LogP contribution in [0.5, 0.6) is 23.0 Å². The molecule has 21 heteroatoms. The van der Waals surface area contributed by atoms with Crippen LogP contribution in [0.25, 0.3) is 22.2 Å². The van der Waals surface area contributed by atoms with E-state index in [1.165, 1.54) is 28.0 Å². The Hall–Kier alpha value is -9.27. The topological polar surface area (TPSA) is 181 Å². The van der Waals surface area contributed by atoms with E-state index in [-0.39, 0.29) is 56.9 Å². The minimum atomic E-state index is -2.47. The number of carbonyl (C=O) groups is 5. The maximum absolute atomic E-state index is 14.7. The molecule has 2 heterocycles. The zero-order valence-corrected chi connectivity index (χ0v) is 45.0. The van der Waals surface area contributed by atoms with E-state index in [1.807, 2.05) is 36.4 Å². The number of hydrogen-bond donors (Lipinski definition) is 1. The van der Waals surface area contributed by atoms with E-state index in [2.05, 4.69) is 5.32 Å². The minimum Gasteiger partial charge on any atom is -0.497 e. The molecule has 3 amide bonds. The Bertz CT molecular complexity index is 3360. The summed E-state index contributed by atoms with van der Waals surface area (Å²) in [7, 11) is 1.55. The van der Waals surface area contributed by atoms with Crippen LogP contribution in [0, 0.1) is 29.1 Å². The van der Waals surface area contributed by atoms with Crippen molar-refractivity contribution in [1.29, 1.82) is 0 Å². The van der Waals surface area contributed by atoms with Crippen molar-refractivity contribution in [3.8, 4) is 34.3 Å². The molecule has 1 aliphatic heterocycles. The first-order chi connectivity index (χ1) is 39.4. The zero-order valence-electron chi connectivity index (χ0n) is 45.0. The molecule has 0 radical (unpaired) electrons. The first kappa shape index (κ1) is 58.9. The van der Waals surface area contributed by atoms with Crippen LogP contribution in [0.1, 0.15) is 56.7 Å². The lowest BCUT2D eigenvalue weighted by molar-refractivity contribution is -0.157. The molecule has 1 aliphatic rings. The van der Waals surface area contributed by atoms with Crippen LogP contribution in [0.3, 0.4) is 0 Å². The number of esters is 2. The summed E-state index contributed by atoms with van der Waals surface area (Å²) < 4.78 is 111. The number of ether oxygens (including phenoxy) is 7. The SMILES string of the molecule is COc1ccc2c(O[C@@H]3C[C@@H](N(C=O)[C@H](CCCOc4cccc(C[C@H](NC(=O)OCc5ccccc5)C(=O)Oc5c(F)c(F)c(F)c(F)c5F)c4)C(=O)OCc4ccccc4)N(C(=O)OC(C)(C)C)C3)cc(-c3ccccc3)nc2c1. The molecule has 1 fully saturated rings. The van der Waals surface area contributed by atoms with Gasteiger partial charge in [-0.1, -0.05) is 103 Å². The lowest BCUT2D eigenvalue weighted by Crippen LogP contribution is -2.54. The molecule has 4 atom stereocenters. The highest BCUT2D eigenvalue weighted by atomic mass is 19.2. The third kappa shape index (κ3) is 14.9. The summed E-state index contributed by atoms with van der Waals surface area (Å²) in [4.78, 5) is 76.0. The number of likely N-dealkylation sites (tertiary alicyclic amines) is 1. The van der Waals surface area contributed by atoms with E-state index in [9.17, 15) is 45.9 Å². The van der Waals surface area contributed by atoms with Gasteiger partial charge < -0.3 is 43.4 Å². The van der Waals surface area contributed by atoms with Crippen molar-refractivity contribution in [2.45, 2.75) is 89.6 Å². The Morgan fingerprint density at radius 1 is 0.732 bits per heavy atom. The van der Waals surface area contributed by atoms with Gasteiger partial charge in [0.05, 0.1) is 31.5 Å². The Balaban J connectivity index is 1.02. The van der Waals surface area contributed by atoms with Gasteiger partial charge in [0.15, 0.2) is 0 Å². The number of carbonyl (C=O) groups excluding carboxylic acids is 5. The fourth-order valence-corrected chi connectivity index (χ4v) is 8.98. The van der Waals surface area contributed by atoms with Crippen molar-refractivity contribution in [1.82, 2.24) is 20.1 Å². The van der Waals surface area contributed by atoms with Crippen molar-refractivity contribution < 1.29 is 79.1 Å². The summed E-state index contributed by atoms with van der Waals surface area (Å²) in [6.45, 7) is 4.54. The van der Waals surface area contributed by atoms with Crippen molar-refractivity contribution >= 4 is 41.4 Å². The van der Waals surface area contributed by atoms with E-state index in [4.69, 9.17) is 38.1 Å². The molecule has 6 aromatic carbocycles. The Kier molecular flexibility index (Phi) is 19.2. The molecule has 8 rings (SSSR count). The summed E-state index contributed by atoms with van der Waals surface area (Å²) in [5, 5.41) is 2.89. The molecular formula is C61H57F5N4O12. The van der Waals surface area contributed by atoms with Crippen LogP contribution in [-0.4, -0.2) is 95.5 Å². The van der Waals surface area contributed by atoms with Gasteiger partial charge in [0.2, 0.25) is 41.2 Å². The second-order valence-electron chi connectivity index (χ2n) is 19.9. The molecule has 82 heavy (non-hydrogen) atoms. The number of pyridine rings is 1. The predicted molar refractivity (Wildman–Crippen MR) is 288 cm³/mol. The normalized spacial score (nSPS) is 14.7. The van der Waals surface area contributed by atoms with Crippen molar-refractivity contribution in [2.75, 3.05) is 20.3 Å². The first-order valence-electron chi connectivity index (χ1n) is 26.0. The number of halogens is 5. The number of alkyl carbamates (subject to hydrolysis) is 1. The monoisotopic (exact) mass is 1130 g/mol. The summed E-state index contributed by atoms with van der Waals surface area (Å²) in [6.07, 6.45) is -3.73. The third-order valence-corrected chi connectivity index (χ3v) is 12.9. The van der Waals surface area contributed by atoms with Gasteiger partial charge in [0, 0.05) is 35.9 Å². The highest BCUT2D eigenvalue weighted by Crippen LogP contribution is 2.36. The molecule has 16 nitrogen and oxygen atoms in total. The lowest BCUT2D eigenvalue weighted by atomic mass is 10.1. The van der Waals surface area contributed by atoms with Gasteiger partial charge in [-0.25, -0.2) is 37.3 Å². The van der Waals surface area contributed by atoms with Crippen molar-refractivity contribution in [2.24, 2.45) is 0 Å². The quantitative estimate of drug-likeness (QED) is 0.00990. The maximum Gasteiger partial charge on any atom is 0.412 e. The molecule has 0 bridgehead atoms. The molecule has 0 unspecified atom stereocenters. The van der Waals surface area contributed by atoms with Crippen LogP contribution >= 0.6 is 0 Å². The van der Waals surface area contributed by atoms with E-state index in [0.717, 1.165) is 5.56 Å². The number of aromatic nitrogens is 1. The smallest absolute Gasteiger partial charge is 0.412 e. The predicted octanol–water partition coefficient (Wildman–Crippen LogP) is 11.2. The summed E-state index contributed by atoms with van der Waals surface area (Å²) in [6, 6.07) is 36.8. The molecule has 1 N–H and O–H groups in total. The number of nitrogens with one attached hydrogen (secondary N) is 1. The largest absolute Gasteiger partial charge is 0.497 e. The van der Waals surface area contributed by atoms with Gasteiger partial charge in [0.1, 0.15) is 60.4 Å². The average molecular weight is 1130 g/mol. The fraction of sp³-hybridized carbons (Fsp3) is 0.279. The molecule has 428 valence electrons. The second-order valence-corrected chi connectivity index (χ2v) is 19.9. The molecule has 7 aromatic rings.